The minimum absolute atomic E-state index is 0.0818. The minimum Gasteiger partial charge on any atom is -0.352 e. The van der Waals surface area contributed by atoms with Crippen LogP contribution < -0.4 is 9.62 Å². The molecule has 3 aromatic carbocycles. The Kier molecular flexibility index (Phi) is 9.86. The smallest absolute Gasteiger partial charge is 0.244 e. The molecule has 41 heavy (non-hydrogen) atoms. The summed E-state index contributed by atoms with van der Waals surface area (Å²) >= 11 is 0. The quantitative estimate of drug-likeness (QED) is 0.346. The zero-order valence-corrected chi connectivity index (χ0v) is 25.3. The van der Waals surface area contributed by atoms with Crippen molar-refractivity contribution in [1.82, 2.24) is 10.2 Å². The molecule has 0 aliphatic heterocycles. The third-order valence-electron chi connectivity index (χ3n) is 7.94. The Balaban J connectivity index is 1.76. The molecule has 0 radical (unpaired) electrons. The first kappa shape index (κ1) is 30.3. The maximum Gasteiger partial charge on any atom is 0.244 e. The van der Waals surface area contributed by atoms with Crippen LogP contribution in [0.25, 0.3) is 0 Å². The molecule has 0 saturated heterocycles. The summed E-state index contributed by atoms with van der Waals surface area (Å²) in [5, 5.41) is 3.20. The second kappa shape index (κ2) is 13.3. The van der Waals surface area contributed by atoms with Crippen molar-refractivity contribution in [2.24, 2.45) is 0 Å². The number of anilines is 1. The van der Waals surface area contributed by atoms with E-state index >= 15 is 0 Å². The lowest BCUT2D eigenvalue weighted by Gasteiger charge is -2.35. The number of sulfonamides is 1. The van der Waals surface area contributed by atoms with Gasteiger partial charge in [-0.05, 0) is 61.4 Å². The highest BCUT2D eigenvalue weighted by molar-refractivity contribution is 7.92. The van der Waals surface area contributed by atoms with Crippen LogP contribution in [-0.4, -0.2) is 50.0 Å². The molecule has 0 unspecified atom stereocenters. The van der Waals surface area contributed by atoms with Gasteiger partial charge in [0.2, 0.25) is 21.8 Å². The summed E-state index contributed by atoms with van der Waals surface area (Å²) in [6, 6.07) is 22.2. The number of hydrogen-bond acceptors (Lipinski definition) is 4. The molecule has 1 atom stereocenters. The van der Waals surface area contributed by atoms with Gasteiger partial charge in [-0.25, -0.2) is 8.42 Å². The van der Waals surface area contributed by atoms with Crippen molar-refractivity contribution < 1.29 is 18.0 Å². The van der Waals surface area contributed by atoms with E-state index in [0.29, 0.717) is 12.1 Å². The Bertz CT molecular complexity index is 1450. The normalized spacial score (nSPS) is 14.4. The van der Waals surface area contributed by atoms with E-state index in [0.717, 1.165) is 59.8 Å². The molecule has 0 aromatic heterocycles. The standard InChI is InChI=1S/C33H41N3O4S/c1-24-13-8-9-18-28(24)22-35(31(37)23-36(41(4,39)40)32-25(2)14-12-15-26(32)3)30(21-27-16-6-5-7-17-27)33(38)34-29-19-10-11-20-29/h5-9,12-18,29-30H,10-11,19-23H2,1-4H3,(H,34,38)/t30-/m0/s1. The zero-order chi connectivity index (χ0) is 29.6. The van der Waals surface area contributed by atoms with Crippen molar-refractivity contribution in [3.63, 3.8) is 0 Å². The fourth-order valence-corrected chi connectivity index (χ4v) is 6.63. The zero-order valence-electron chi connectivity index (χ0n) is 24.5. The SMILES string of the molecule is Cc1ccccc1CN(C(=O)CN(c1c(C)cccc1C)S(C)(=O)=O)[C@@H](Cc1ccccc1)C(=O)NC1CCCC1. The third-order valence-corrected chi connectivity index (χ3v) is 9.06. The number of aryl methyl sites for hydroxylation is 3. The first-order valence-electron chi connectivity index (χ1n) is 14.3. The van der Waals surface area contributed by atoms with Gasteiger partial charge < -0.3 is 10.2 Å². The van der Waals surface area contributed by atoms with E-state index in [9.17, 15) is 18.0 Å². The molecule has 0 bridgehead atoms. The maximum atomic E-state index is 14.3. The second-order valence-electron chi connectivity index (χ2n) is 11.2. The molecule has 0 spiro atoms. The Morgan fingerprint density at radius 1 is 0.854 bits per heavy atom. The first-order valence-corrected chi connectivity index (χ1v) is 16.1. The van der Waals surface area contributed by atoms with Gasteiger partial charge in [-0.3, -0.25) is 13.9 Å². The third kappa shape index (κ3) is 7.76. The van der Waals surface area contributed by atoms with Gasteiger partial charge in [0.05, 0.1) is 11.9 Å². The number of nitrogens with zero attached hydrogens (tertiary/aromatic N) is 2. The number of rotatable bonds is 11. The average Bonchev–Trinajstić information content (AvgIpc) is 3.44. The molecule has 8 heteroatoms. The van der Waals surface area contributed by atoms with Gasteiger partial charge in [0, 0.05) is 19.0 Å². The van der Waals surface area contributed by atoms with E-state index in [1.165, 1.54) is 4.31 Å². The molecule has 7 nitrogen and oxygen atoms in total. The number of amides is 2. The number of para-hydroxylation sites is 1. The Labute approximate surface area is 244 Å². The molecule has 1 aliphatic carbocycles. The summed E-state index contributed by atoms with van der Waals surface area (Å²) in [7, 11) is -3.81. The largest absolute Gasteiger partial charge is 0.352 e. The summed E-state index contributed by atoms with van der Waals surface area (Å²) in [6.45, 7) is 5.43. The summed E-state index contributed by atoms with van der Waals surface area (Å²) in [5.74, 6) is -0.635. The molecular weight excluding hydrogens is 534 g/mol. The van der Waals surface area contributed by atoms with Gasteiger partial charge in [-0.15, -0.1) is 0 Å². The highest BCUT2D eigenvalue weighted by atomic mass is 32.2. The molecule has 1 saturated carbocycles. The highest BCUT2D eigenvalue weighted by Gasteiger charge is 2.35. The van der Waals surface area contributed by atoms with Crippen LogP contribution in [0.2, 0.25) is 0 Å². The van der Waals surface area contributed by atoms with Crippen LogP contribution in [0.1, 0.15) is 53.5 Å². The highest BCUT2D eigenvalue weighted by Crippen LogP contribution is 2.28. The lowest BCUT2D eigenvalue weighted by Crippen LogP contribution is -2.54. The van der Waals surface area contributed by atoms with Gasteiger partial charge in [-0.2, -0.15) is 0 Å². The van der Waals surface area contributed by atoms with Crippen molar-refractivity contribution >= 4 is 27.5 Å². The van der Waals surface area contributed by atoms with Crippen LogP contribution in [0.4, 0.5) is 5.69 Å². The molecule has 218 valence electrons. The molecule has 2 amide bonds. The predicted octanol–water partition coefficient (Wildman–Crippen LogP) is 5.08. The van der Waals surface area contributed by atoms with Crippen LogP contribution in [0.15, 0.2) is 72.8 Å². The fourth-order valence-electron chi connectivity index (χ4n) is 5.67. The van der Waals surface area contributed by atoms with E-state index in [1.54, 1.807) is 4.90 Å². The molecule has 4 rings (SSSR count). The summed E-state index contributed by atoms with van der Waals surface area (Å²) < 4.78 is 27.4. The summed E-state index contributed by atoms with van der Waals surface area (Å²) in [4.78, 5) is 29.8. The Hall–Kier alpha value is -3.65. The second-order valence-corrected chi connectivity index (χ2v) is 13.1. The van der Waals surface area contributed by atoms with E-state index < -0.39 is 28.5 Å². The van der Waals surface area contributed by atoms with Crippen molar-refractivity contribution in [2.45, 2.75) is 71.5 Å². The van der Waals surface area contributed by atoms with E-state index in [2.05, 4.69) is 5.32 Å². The number of carbonyl (C=O) groups excluding carboxylic acids is 2. The monoisotopic (exact) mass is 575 g/mol. The number of nitrogens with one attached hydrogen (secondary N) is 1. The fraction of sp³-hybridized carbons (Fsp3) is 0.394. The van der Waals surface area contributed by atoms with Crippen LogP contribution in [0.3, 0.4) is 0 Å². The van der Waals surface area contributed by atoms with Gasteiger partial charge in [-0.1, -0.05) is 85.6 Å². The van der Waals surface area contributed by atoms with Crippen LogP contribution in [0, 0.1) is 20.8 Å². The molecule has 3 aromatic rings. The van der Waals surface area contributed by atoms with Gasteiger partial charge >= 0.3 is 0 Å². The number of hydrogen-bond donors (Lipinski definition) is 1. The lowest BCUT2D eigenvalue weighted by atomic mass is 10.0. The van der Waals surface area contributed by atoms with Crippen LogP contribution >= 0.6 is 0 Å². The van der Waals surface area contributed by atoms with E-state index in [4.69, 9.17) is 0 Å². The van der Waals surface area contributed by atoms with Crippen molar-refractivity contribution in [2.75, 3.05) is 17.1 Å². The van der Waals surface area contributed by atoms with Crippen LogP contribution in [0.5, 0.6) is 0 Å². The van der Waals surface area contributed by atoms with Crippen molar-refractivity contribution in [3.05, 3.63) is 101 Å². The lowest BCUT2D eigenvalue weighted by molar-refractivity contribution is -0.140. The van der Waals surface area contributed by atoms with Gasteiger partial charge in [0.1, 0.15) is 12.6 Å². The Morgan fingerprint density at radius 2 is 1.44 bits per heavy atom. The van der Waals surface area contributed by atoms with Gasteiger partial charge in [0.25, 0.3) is 0 Å². The van der Waals surface area contributed by atoms with Crippen LogP contribution in [-0.2, 0) is 32.6 Å². The molecular formula is C33H41N3O4S. The summed E-state index contributed by atoms with van der Waals surface area (Å²) in [5.41, 5.74) is 4.84. The average molecular weight is 576 g/mol. The van der Waals surface area contributed by atoms with Gasteiger partial charge in [0.15, 0.2) is 0 Å². The van der Waals surface area contributed by atoms with Crippen molar-refractivity contribution in [3.8, 4) is 0 Å². The molecule has 0 heterocycles. The molecule has 1 fully saturated rings. The maximum absolute atomic E-state index is 14.3. The minimum atomic E-state index is -3.81. The Morgan fingerprint density at radius 3 is 2.05 bits per heavy atom. The van der Waals surface area contributed by atoms with E-state index in [-0.39, 0.29) is 18.5 Å². The topological polar surface area (TPSA) is 86.8 Å². The van der Waals surface area contributed by atoms with E-state index in [1.807, 2.05) is 93.6 Å². The number of benzene rings is 3. The molecule has 1 N–H and O–H groups in total. The number of carbonyl (C=O) groups is 2. The summed E-state index contributed by atoms with van der Waals surface area (Å²) in [6.07, 6.45) is 5.41. The predicted molar refractivity (Wildman–Crippen MR) is 164 cm³/mol. The van der Waals surface area contributed by atoms with Crippen molar-refractivity contribution in [1.29, 1.82) is 0 Å². The first-order chi connectivity index (χ1) is 19.5. The molecule has 1 aliphatic rings.